The number of benzene rings is 1. The Kier molecular flexibility index (Phi) is 3.66. The summed E-state index contributed by atoms with van der Waals surface area (Å²) in [5.41, 5.74) is 1.61. The Labute approximate surface area is 124 Å². The molecule has 1 heterocycles. The van der Waals surface area contributed by atoms with Gasteiger partial charge in [-0.1, -0.05) is 22.0 Å². The van der Waals surface area contributed by atoms with Crippen LogP contribution in [0.4, 0.5) is 0 Å². The number of nitrogens with zero attached hydrogens (tertiary/aromatic N) is 1. The molecule has 1 aliphatic carbocycles. The van der Waals surface area contributed by atoms with Gasteiger partial charge in [0.25, 0.3) is 5.91 Å². The molecule has 98 valence electrons. The van der Waals surface area contributed by atoms with Crippen LogP contribution in [0.3, 0.4) is 0 Å². The second kappa shape index (κ2) is 5.43. The van der Waals surface area contributed by atoms with Gasteiger partial charge in [-0.25, -0.2) is 4.98 Å². The SMILES string of the molecule is O=C(NCc1csc(C2CC2)n1)c1cccc(Br)c1. The van der Waals surface area contributed by atoms with E-state index in [4.69, 9.17) is 0 Å². The van der Waals surface area contributed by atoms with Crippen molar-refractivity contribution < 1.29 is 4.79 Å². The average molecular weight is 337 g/mol. The second-order valence-corrected chi connectivity index (χ2v) is 6.45. The van der Waals surface area contributed by atoms with Crippen LogP contribution in [0.15, 0.2) is 34.1 Å². The maximum atomic E-state index is 12.0. The van der Waals surface area contributed by atoms with E-state index in [0.29, 0.717) is 18.0 Å². The maximum absolute atomic E-state index is 12.0. The Morgan fingerprint density at radius 2 is 2.32 bits per heavy atom. The number of carbonyl (C=O) groups excluding carboxylic acids is 1. The van der Waals surface area contributed by atoms with Crippen molar-refractivity contribution in [2.45, 2.75) is 25.3 Å². The molecule has 3 nitrogen and oxygen atoms in total. The lowest BCUT2D eigenvalue weighted by molar-refractivity contribution is 0.0950. The summed E-state index contributed by atoms with van der Waals surface area (Å²) in [7, 11) is 0. The third kappa shape index (κ3) is 3.22. The molecule has 1 aromatic heterocycles. The first-order valence-electron chi connectivity index (χ1n) is 6.20. The number of carbonyl (C=O) groups is 1. The van der Waals surface area contributed by atoms with Crippen molar-refractivity contribution in [3.05, 3.63) is 50.4 Å². The highest BCUT2D eigenvalue weighted by Gasteiger charge is 2.26. The Morgan fingerprint density at radius 3 is 3.05 bits per heavy atom. The number of amides is 1. The normalized spacial score (nSPS) is 14.4. The smallest absolute Gasteiger partial charge is 0.251 e. The maximum Gasteiger partial charge on any atom is 0.251 e. The van der Waals surface area contributed by atoms with E-state index in [1.807, 2.05) is 23.6 Å². The van der Waals surface area contributed by atoms with E-state index < -0.39 is 0 Å². The van der Waals surface area contributed by atoms with Gasteiger partial charge in [0.1, 0.15) is 0 Å². The Balaban J connectivity index is 1.60. The summed E-state index contributed by atoms with van der Waals surface area (Å²) in [6.45, 7) is 0.495. The summed E-state index contributed by atoms with van der Waals surface area (Å²) in [5.74, 6) is 0.613. The quantitative estimate of drug-likeness (QED) is 0.924. The summed E-state index contributed by atoms with van der Waals surface area (Å²) in [4.78, 5) is 16.5. The van der Waals surface area contributed by atoms with Crippen LogP contribution in [0.2, 0.25) is 0 Å². The Hall–Kier alpha value is -1.20. The fourth-order valence-electron chi connectivity index (χ4n) is 1.82. The van der Waals surface area contributed by atoms with Crippen molar-refractivity contribution in [1.29, 1.82) is 0 Å². The molecule has 1 fully saturated rings. The molecule has 0 unspecified atom stereocenters. The first kappa shape index (κ1) is 12.8. The van der Waals surface area contributed by atoms with E-state index in [1.165, 1.54) is 17.8 Å². The van der Waals surface area contributed by atoms with Gasteiger partial charge in [-0.05, 0) is 31.0 Å². The number of hydrogen-bond acceptors (Lipinski definition) is 3. The summed E-state index contributed by atoms with van der Waals surface area (Å²) in [6, 6.07) is 7.37. The predicted octanol–water partition coefficient (Wildman–Crippen LogP) is 3.71. The minimum atomic E-state index is -0.0673. The third-order valence-electron chi connectivity index (χ3n) is 3.01. The number of thiazole rings is 1. The first-order valence-corrected chi connectivity index (χ1v) is 7.88. The van der Waals surface area contributed by atoms with E-state index >= 15 is 0 Å². The highest BCUT2D eigenvalue weighted by atomic mass is 79.9. The second-order valence-electron chi connectivity index (χ2n) is 4.64. The standard InChI is InChI=1S/C14H13BrN2OS/c15-11-3-1-2-10(6-11)13(18)16-7-12-8-19-14(17-12)9-4-5-9/h1-3,6,8-9H,4-5,7H2,(H,16,18). The van der Waals surface area contributed by atoms with Crippen LogP contribution in [-0.4, -0.2) is 10.9 Å². The average Bonchev–Trinajstić information content (AvgIpc) is 3.15. The van der Waals surface area contributed by atoms with E-state index in [9.17, 15) is 4.79 Å². The van der Waals surface area contributed by atoms with Crippen LogP contribution in [0.25, 0.3) is 0 Å². The van der Waals surface area contributed by atoms with Gasteiger partial charge in [-0.2, -0.15) is 0 Å². The van der Waals surface area contributed by atoms with Crippen LogP contribution in [0.1, 0.15) is 39.8 Å². The van der Waals surface area contributed by atoms with Crippen LogP contribution >= 0.6 is 27.3 Å². The van der Waals surface area contributed by atoms with E-state index in [0.717, 1.165) is 10.2 Å². The van der Waals surface area contributed by atoms with Crippen molar-refractivity contribution in [2.24, 2.45) is 0 Å². The van der Waals surface area contributed by atoms with E-state index in [1.54, 1.807) is 17.4 Å². The highest BCUT2D eigenvalue weighted by Crippen LogP contribution is 2.41. The van der Waals surface area contributed by atoms with Gasteiger partial charge in [0.2, 0.25) is 0 Å². The van der Waals surface area contributed by atoms with Gasteiger partial charge in [0.05, 0.1) is 17.2 Å². The fourth-order valence-corrected chi connectivity index (χ4v) is 3.21. The first-order chi connectivity index (χ1) is 9.22. The summed E-state index contributed by atoms with van der Waals surface area (Å²) < 4.78 is 0.907. The molecule has 1 aliphatic rings. The van der Waals surface area contributed by atoms with Crippen molar-refractivity contribution in [3.63, 3.8) is 0 Å². The molecular weight excluding hydrogens is 324 g/mol. The molecule has 0 aliphatic heterocycles. The Bertz CT molecular complexity index is 607. The summed E-state index contributed by atoms with van der Waals surface area (Å²) >= 11 is 5.06. The van der Waals surface area contributed by atoms with Crippen LogP contribution in [-0.2, 0) is 6.54 Å². The molecule has 5 heteroatoms. The largest absolute Gasteiger partial charge is 0.346 e. The minimum absolute atomic E-state index is 0.0673. The number of halogens is 1. The van der Waals surface area contributed by atoms with Gasteiger partial charge >= 0.3 is 0 Å². The van der Waals surface area contributed by atoms with Crippen molar-refractivity contribution in [1.82, 2.24) is 10.3 Å². The van der Waals surface area contributed by atoms with Gasteiger partial charge in [-0.15, -0.1) is 11.3 Å². The number of nitrogens with one attached hydrogen (secondary N) is 1. The zero-order chi connectivity index (χ0) is 13.2. The number of rotatable bonds is 4. The van der Waals surface area contributed by atoms with Gasteiger partial charge in [-0.3, -0.25) is 4.79 Å². The van der Waals surface area contributed by atoms with Gasteiger partial charge < -0.3 is 5.32 Å². The number of hydrogen-bond donors (Lipinski definition) is 1. The summed E-state index contributed by atoms with van der Waals surface area (Å²) in [6.07, 6.45) is 2.52. The van der Waals surface area contributed by atoms with Crippen molar-refractivity contribution in [2.75, 3.05) is 0 Å². The summed E-state index contributed by atoms with van der Waals surface area (Å²) in [5, 5.41) is 6.15. The topological polar surface area (TPSA) is 42.0 Å². The van der Waals surface area contributed by atoms with Crippen LogP contribution in [0, 0.1) is 0 Å². The van der Waals surface area contributed by atoms with Gasteiger partial charge in [0, 0.05) is 21.3 Å². The highest BCUT2D eigenvalue weighted by molar-refractivity contribution is 9.10. The zero-order valence-corrected chi connectivity index (χ0v) is 12.6. The molecule has 0 bridgehead atoms. The molecule has 1 saturated carbocycles. The van der Waals surface area contributed by atoms with Crippen LogP contribution in [0.5, 0.6) is 0 Å². The molecule has 0 saturated heterocycles. The predicted molar refractivity (Wildman–Crippen MR) is 79.4 cm³/mol. The van der Waals surface area contributed by atoms with Gasteiger partial charge in [0.15, 0.2) is 0 Å². The van der Waals surface area contributed by atoms with Crippen molar-refractivity contribution in [3.8, 4) is 0 Å². The lowest BCUT2D eigenvalue weighted by Gasteiger charge is -2.03. The monoisotopic (exact) mass is 336 g/mol. The molecule has 1 amide bonds. The molecule has 0 radical (unpaired) electrons. The lowest BCUT2D eigenvalue weighted by atomic mass is 10.2. The molecule has 1 aromatic carbocycles. The Morgan fingerprint density at radius 1 is 1.47 bits per heavy atom. The molecule has 1 N–H and O–H groups in total. The zero-order valence-electron chi connectivity index (χ0n) is 10.2. The number of aromatic nitrogens is 1. The molecule has 2 aromatic rings. The fraction of sp³-hybridized carbons (Fsp3) is 0.286. The van der Waals surface area contributed by atoms with E-state index in [2.05, 4.69) is 26.2 Å². The molecule has 0 spiro atoms. The minimum Gasteiger partial charge on any atom is -0.346 e. The lowest BCUT2D eigenvalue weighted by Crippen LogP contribution is -2.22. The van der Waals surface area contributed by atoms with Crippen LogP contribution < -0.4 is 5.32 Å². The third-order valence-corrected chi connectivity index (χ3v) is 4.56. The molecule has 19 heavy (non-hydrogen) atoms. The van der Waals surface area contributed by atoms with Crippen molar-refractivity contribution >= 4 is 33.2 Å². The molecule has 0 atom stereocenters. The van der Waals surface area contributed by atoms with E-state index in [-0.39, 0.29) is 5.91 Å². The molecule has 3 rings (SSSR count). The molecular formula is C14H13BrN2OS.